The summed E-state index contributed by atoms with van der Waals surface area (Å²) in [6, 6.07) is 7.63. The van der Waals surface area contributed by atoms with Crippen LogP contribution >= 0.6 is 11.9 Å². The number of fused-ring (bicyclic) bond motifs is 1. The highest BCUT2D eigenvalue weighted by Gasteiger charge is 2.33. The molecule has 1 aliphatic heterocycles. The number of carbonyl (C=O) groups excluding carboxylic acids is 1. The van der Waals surface area contributed by atoms with Gasteiger partial charge in [0.2, 0.25) is 0 Å². The molecule has 1 aromatic heterocycles. The number of nitrogens with one attached hydrogen (secondary N) is 1. The maximum atomic E-state index is 11.6. The molecule has 0 bridgehead atoms. The summed E-state index contributed by atoms with van der Waals surface area (Å²) >= 11 is 1.74. The van der Waals surface area contributed by atoms with Crippen molar-refractivity contribution in [3.63, 3.8) is 0 Å². The van der Waals surface area contributed by atoms with E-state index in [9.17, 15) is 4.79 Å². The highest BCUT2D eigenvalue weighted by atomic mass is 32.2. The van der Waals surface area contributed by atoms with Crippen molar-refractivity contribution in [1.29, 1.82) is 0 Å². The fourth-order valence-corrected chi connectivity index (χ4v) is 4.00. The highest BCUT2D eigenvalue weighted by Crippen LogP contribution is 2.43. The Balaban J connectivity index is 1.56. The van der Waals surface area contributed by atoms with Crippen LogP contribution < -0.4 is 19.9 Å². The molecule has 7 heteroatoms. The number of nitrogens with two attached hydrogens (primary N) is 1. The zero-order chi connectivity index (χ0) is 18.8. The van der Waals surface area contributed by atoms with Gasteiger partial charge in [0.15, 0.2) is 17.6 Å². The number of para-hydroxylation sites is 1. The van der Waals surface area contributed by atoms with Crippen LogP contribution in [0.1, 0.15) is 53.4 Å². The Morgan fingerprint density at radius 2 is 2.26 bits per heavy atom. The van der Waals surface area contributed by atoms with Crippen LogP contribution in [0.3, 0.4) is 0 Å². The average Bonchev–Trinajstić information content (AvgIpc) is 3.52. The lowest BCUT2D eigenvalue weighted by atomic mass is 10.0. The van der Waals surface area contributed by atoms with Gasteiger partial charge in [-0.25, -0.2) is 0 Å². The van der Waals surface area contributed by atoms with E-state index in [-0.39, 0.29) is 6.10 Å². The largest absolute Gasteiger partial charge is 0.485 e. The van der Waals surface area contributed by atoms with E-state index in [0.29, 0.717) is 35.6 Å². The van der Waals surface area contributed by atoms with E-state index in [1.165, 1.54) is 18.4 Å². The van der Waals surface area contributed by atoms with Gasteiger partial charge in [0.1, 0.15) is 6.61 Å². The number of hydrogen-bond donors (Lipinski definition) is 2. The molecule has 0 radical (unpaired) electrons. The maximum Gasteiger partial charge on any atom is 0.252 e. The van der Waals surface area contributed by atoms with Crippen LogP contribution in [0, 0.1) is 5.92 Å². The first-order chi connectivity index (χ1) is 13.2. The third-order valence-electron chi connectivity index (χ3n) is 4.85. The van der Waals surface area contributed by atoms with Gasteiger partial charge in [-0.15, -0.1) is 0 Å². The number of carbonyl (C=O) groups is 1. The zero-order valence-electron chi connectivity index (χ0n) is 15.2. The summed E-state index contributed by atoms with van der Waals surface area (Å²) in [5, 5.41) is 0. The summed E-state index contributed by atoms with van der Waals surface area (Å²) in [5.74, 6) is 2.12. The molecule has 142 valence electrons. The first kappa shape index (κ1) is 18.1. The molecule has 0 saturated heterocycles. The van der Waals surface area contributed by atoms with Gasteiger partial charge >= 0.3 is 0 Å². The first-order valence-electron chi connectivity index (χ1n) is 9.21. The number of rotatable bonds is 7. The Labute approximate surface area is 163 Å². The molecule has 1 aromatic carbocycles. The third kappa shape index (κ3) is 3.89. The molecule has 2 heterocycles. The quantitative estimate of drug-likeness (QED) is 0.711. The predicted octanol–water partition coefficient (Wildman–Crippen LogP) is 3.40. The molecule has 27 heavy (non-hydrogen) atoms. The number of amides is 1. The number of pyridine rings is 1. The van der Waals surface area contributed by atoms with Crippen LogP contribution in [0.15, 0.2) is 36.7 Å². The minimum Gasteiger partial charge on any atom is -0.485 e. The SMILES string of the molecule is CCSNC(c1cncc(C2COc3c(cccc3C(N)=O)O2)c1)C1CC1. The van der Waals surface area contributed by atoms with Crippen LogP contribution in [0.4, 0.5) is 0 Å². The van der Waals surface area contributed by atoms with Gasteiger partial charge < -0.3 is 15.2 Å². The van der Waals surface area contributed by atoms with Crippen molar-refractivity contribution in [2.45, 2.75) is 31.9 Å². The number of primary amides is 1. The molecule has 2 aliphatic rings. The third-order valence-corrected chi connectivity index (χ3v) is 5.56. The van der Waals surface area contributed by atoms with Crippen LogP contribution in [0.2, 0.25) is 0 Å². The minimum absolute atomic E-state index is 0.272. The minimum atomic E-state index is -0.524. The van der Waals surface area contributed by atoms with Crippen LogP contribution in [0.25, 0.3) is 0 Å². The van der Waals surface area contributed by atoms with Crippen LogP contribution in [0.5, 0.6) is 11.5 Å². The molecule has 3 N–H and O–H groups in total. The molecule has 1 saturated carbocycles. The van der Waals surface area contributed by atoms with Crippen molar-refractivity contribution in [3.05, 3.63) is 53.3 Å². The predicted molar refractivity (Wildman–Crippen MR) is 105 cm³/mol. The summed E-state index contributed by atoms with van der Waals surface area (Å²) in [7, 11) is 0. The van der Waals surface area contributed by atoms with Crippen molar-refractivity contribution in [3.8, 4) is 11.5 Å². The molecule has 2 aromatic rings. The fraction of sp³-hybridized carbons (Fsp3) is 0.400. The van der Waals surface area contributed by atoms with E-state index < -0.39 is 5.91 Å². The molecule has 2 unspecified atom stereocenters. The van der Waals surface area contributed by atoms with Crippen LogP contribution in [-0.4, -0.2) is 23.3 Å². The zero-order valence-corrected chi connectivity index (χ0v) is 16.0. The Kier molecular flexibility index (Phi) is 5.22. The lowest BCUT2D eigenvalue weighted by Gasteiger charge is -2.28. The molecule has 6 nitrogen and oxygen atoms in total. The molecule has 0 spiro atoms. The molecule has 1 amide bonds. The number of benzene rings is 1. The molecular weight excluding hydrogens is 362 g/mol. The molecular formula is C20H23N3O3S. The van der Waals surface area contributed by atoms with E-state index in [1.54, 1.807) is 30.1 Å². The van der Waals surface area contributed by atoms with Gasteiger partial charge in [0.05, 0.1) is 5.56 Å². The molecule has 1 aliphatic carbocycles. The van der Waals surface area contributed by atoms with E-state index in [0.717, 1.165) is 11.3 Å². The van der Waals surface area contributed by atoms with Crippen molar-refractivity contribution in [1.82, 2.24) is 9.71 Å². The Hall–Kier alpha value is -2.25. The molecule has 4 rings (SSSR count). The Morgan fingerprint density at radius 3 is 3.00 bits per heavy atom. The first-order valence-corrected chi connectivity index (χ1v) is 10.2. The van der Waals surface area contributed by atoms with E-state index >= 15 is 0 Å². The standard InChI is InChI=1S/C20H23N3O3S/c1-2-27-23-18(12-6-7-12)14-8-13(9-22-10-14)17-11-25-19-15(20(21)24)4-3-5-16(19)26-17/h3-5,8-10,12,17-18,23H,2,6-7,11H2,1H3,(H2,21,24). The molecule has 2 atom stereocenters. The highest BCUT2D eigenvalue weighted by molar-refractivity contribution is 7.97. The van der Waals surface area contributed by atoms with Crippen molar-refractivity contribution >= 4 is 17.9 Å². The van der Waals surface area contributed by atoms with Crippen molar-refractivity contribution in [2.24, 2.45) is 11.7 Å². The number of aromatic nitrogens is 1. The monoisotopic (exact) mass is 385 g/mol. The number of nitrogens with zero attached hydrogens (tertiary/aromatic N) is 1. The summed E-state index contributed by atoms with van der Waals surface area (Å²) in [6.45, 7) is 2.45. The lowest BCUT2D eigenvalue weighted by molar-refractivity contribution is 0.0861. The lowest BCUT2D eigenvalue weighted by Crippen LogP contribution is -2.25. The van der Waals surface area contributed by atoms with Gasteiger partial charge in [-0.2, -0.15) is 0 Å². The summed E-state index contributed by atoms with van der Waals surface area (Å²) in [4.78, 5) is 16.0. The summed E-state index contributed by atoms with van der Waals surface area (Å²) in [5.41, 5.74) is 7.90. The Morgan fingerprint density at radius 1 is 1.41 bits per heavy atom. The van der Waals surface area contributed by atoms with E-state index in [4.69, 9.17) is 15.2 Å². The maximum absolute atomic E-state index is 11.6. The van der Waals surface area contributed by atoms with Gasteiger partial charge in [0, 0.05) is 29.8 Å². The van der Waals surface area contributed by atoms with E-state index in [2.05, 4.69) is 22.7 Å². The van der Waals surface area contributed by atoms with E-state index in [1.807, 2.05) is 12.4 Å². The van der Waals surface area contributed by atoms with Crippen molar-refractivity contribution in [2.75, 3.05) is 12.4 Å². The average molecular weight is 385 g/mol. The van der Waals surface area contributed by atoms with Gasteiger partial charge in [-0.05, 0) is 42.5 Å². The topological polar surface area (TPSA) is 86.5 Å². The summed E-state index contributed by atoms with van der Waals surface area (Å²) in [6.07, 6.45) is 5.97. The second-order valence-corrected chi connectivity index (χ2v) is 7.93. The van der Waals surface area contributed by atoms with Gasteiger partial charge in [-0.3, -0.25) is 14.5 Å². The van der Waals surface area contributed by atoms with Crippen molar-refractivity contribution < 1.29 is 14.3 Å². The Bertz CT molecular complexity index is 841. The summed E-state index contributed by atoms with van der Waals surface area (Å²) < 4.78 is 15.5. The smallest absolute Gasteiger partial charge is 0.252 e. The second kappa shape index (κ2) is 7.78. The normalized spacial score (nSPS) is 19.5. The number of ether oxygens (including phenoxy) is 2. The fourth-order valence-electron chi connectivity index (χ4n) is 3.32. The molecule has 1 fully saturated rings. The van der Waals surface area contributed by atoms with Gasteiger partial charge in [-0.1, -0.05) is 24.9 Å². The second-order valence-electron chi connectivity index (χ2n) is 6.83. The van der Waals surface area contributed by atoms with Crippen LogP contribution in [-0.2, 0) is 0 Å². The van der Waals surface area contributed by atoms with Gasteiger partial charge in [0.25, 0.3) is 5.91 Å². The number of hydrogen-bond acceptors (Lipinski definition) is 6.